The lowest BCUT2D eigenvalue weighted by Gasteiger charge is -2.54. The first kappa shape index (κ1) is 22.5. The van der Waals surface area contributed by atoms with Crippen molar-refractivity contribution in [1.29, 1.82) is 0 Å². The van der Waals surface area contributed by atoms with Crippen molar-refractivity contribution in [3.05, 3.63) is 56.8 Å². The monoisotopic (exact) mass is 521 g/mol. The Bertz CT molecular complexity index is 936. The van der Waals surface area contributed by atoms with Crippen molar-refractivity contribution >= 4 is 27.5 Å². The summed E-state index contributed by atoms with van der Waals surface area (Å²) in [6.07, 6.45) is 7.09. The van der Waals surface area contributed by atoms with Gasteiger partial charge < -0.3 is 14.8 Å². The van der Waals surface area contributed by atoms with Gasteiger partial charge >= 0.3 is 0 Å². The molecule has 0 saturated heterocycles. The summed E-state index contributed by atoms with van der Waals surface area (Å²) in [7, 11) is 0. The molecule has 0 spiro atoms. The lowest BCUT2D eigenvalue weighted by Crippen LogP contribution is -2.54. The van der Waals surface area contributed by atoms with Crippen LogP contribution < -0.4 is 14.8 Å². The quantitative estimate of drug-likeness (QED) is 0.400. The van der Waals surface area contributed by atoms with Gasteiger partial charge in [-0.2, -0.15) is 0 Å². The zero-order chi connectivity index (χ0) is 22.2. The normalized spacial score (nSPS) is 28.2. The minimum atomic E-state index is -0.369. The lowest BCUT2D eigenvalue weighted by molar-refractivity contribution is -0.0142. The topological polar surface area (TPSA) is 30.5 Å². The van der Waals surface area contributed by atoms with Crippen LogP contribution in [0.3, 0.4) is 0 Å². The summed E-state index contributed by atoms with van der Waals surface area (Å²) in [6.45, 7) is 3.32. The largest absolute Gasteiger partial charge is 0.490 e. The molecule has 1 N–H and O–H groups in total. The Kier molecular flexibility index (Phi) is 6.69. The van der Waals surface area contributed by atoms with Gasteiger partial charge in [0, 0.05) is 22.6 Å². The van der Waals surface area contributed by atoms with Gasteiger partial charge in [0.2, 0.25) is 0 Å². The molecule has 2 aromatic rings. The summed E-state index contributed by atoms with van der Waals surface area (Å²) in [6, 6.07) is 9.24. The molecule has 4 aliphatic carbocycles. The maximum atomic E-state index is 14.1. The number of rotatable bonds is 8. The van der Waals surface area contributed by atoms with Crippen LogP contribution in [0, 0.1) is 29.5 Å². The van der Waals surface area contributed by atoms with Gasteiger partial charge in [-0.05, 0) is 92.5 Å². The van der Waals surface area contributed by atoms with E-state index in [1.54, 1.807) is 12.1 Å². The molecule has 172 valence electrons. The summed E-state index contributed by atoms with van der Waals surface area (Å²) < 4.78 is 26.9. The second kappa shape index (κ2) is 9.52. The van der Waals surface area contributed by atoms with Gasteiger partial charge in [-0.25, -0.2) is 4.39 Å². The van der Waals surface area contributed by atoms with E-state index in [-0.39, 0.29) is 12.4 Å². The van der Waals surface area contributed by atoms with Crippen LogP contribution in [-0.4, -0.2) is 12.6 Å². The number of benzene rings is 2. The van der Waals surface area contributed by atoms with Gasteiger partial charge in [0.25, 0.3) is 0 Å². The first-order valence-electron chi connectivity index (χ1n) is 11.8. The molecule has 3 nitrogen and oxygen atoms in total. The average Bonchev–Trinajstić information content (AvgIpc) is 2.75. The van der Waals surface area contributed by atoms with Crippen LogP contribution in [-0.2, 0) is 13.2 Å². The summed E-state index contributed by atoms with van der Waals surface area (Å²) in [5.41, 5.74) is 1.50. The number of nitrogens with one attached hydrogen (secondary N) is 1. The van der Waals surface area contributed by atoms with E-state index in [1.807, 2.05) is 19.1 Å². The predicted molar refractivity (Wildman–Crippen MR) is 129 cm³/mol. The van der Waals surface area contributed by atoms with Crippen LogP contribution >= 0.6 is 27.5 Å². The Balaban J connectivity index is 1.29. The Morgan fingerprint density at radius 3 is 2.38 bits per heavy atom. The summed E-state index contributed by atoms with van der Waals surface area (Å²) in [5.74, 6) is 4.51. The Labute approximate surface area is 203 Å². The van der Waals surface area contributed by atoms with Crippen LogP contribution in [0.1, 0.15) is 50.2 Å². The van der Waals surface area contributed by atoms with E-state index >= 15 is 0 Å². The molecule has 4 fully saturated rings. The van der Waals surface area contributed by atoms with Gasteiger partial charge in [0.15, 0.2) is 11.5 Å². The molecule has 0 aromatic heterocycles. The van der Waals surface area contributed by atoms with Crippen LogP contribution in [0.15, 0.2) is 34.8 Å². The third kappa shape index (κ3) is 4.53. The molecule has 4 bridgehead atoms. The van der Waals surface area contributed by atoms with Crippen molar-refractivity contribution in [3.8, 4) is 11.5 Å². The zero-order valence-corrected chi connectivity index (χ0v) is 20.7. The third-order valence-electron chi connectivity index (χ3n) is 7.60. The molecule has 4 saturated carbocycles. The summed E-state index contributed by atoms with van der Waals surface area (Å²) in [4.78, 5) is 0. The highest BCUT2D eigenvalue weighted by Gasteiger charge is 2.47. The van der Waals surface area contributed by atoms with Gasteiger partial charge in [-0.1, -0.05) is 33.6 Å². The van der Waals surface area contributed by atoms with E-state index in [1.165, 1.54) is 38.2 Å². The van der Waals surface area contributed by atoms with E-state index in [0.717, 1.165) is 40.3 Å². The summed E-state index contributed by atoms with van der Waals surface area (Å²) in [5, 5.41) is 4.25. The molecule has 32 heavy (non-hydrogen) atoms. The number of ether oxygens (including phenoxy) is 2. The van der Waals surface area contributed by atoms with Gasteiger partial charge in [-0.15, -0.1) is 0 Å². The fourth-order valence-electron chi connectivity index (χ4n) is 6.40. The second-order valence-electron chi connectivity index (χ2n) is 9.65. The van der Waals surface area contributed by atoms with Crippen molar-refractivity contribution in [2.24, 2.45) is 23.7 Å². The highest BCUT2D eigenvalue weighted by molar-refractivity contribution is 9.10. The van der Waals surface area contributed by atoms with Crippen molar-refractivity contribution in [1.82, 2.24) is 5.32 Å². The third-order valence-corrected chi connectivity index (χ3v) is 8.69. The molecule has 0 radical (unpaired) electrons. The predicted octanol–water partition coefficient (Wildman–Crippen LogP) is 7.13. The first-order valence-corrected chi connectivity index (χ1v) is 12.9. The molecule has 0 amide bonds. The Morgan fingerprint density at radius 1 is 1.03 bits per heavy atom. The molecule has 6 heteroatoms. The van der Waals surface area contributed by atoms with E-state index in [2.05, 4.69) is 21.2 Å². The Morgan fingerprint density at radius 2 is 1.72 bits per heavy atom. The zero-order valence-electron chi connectivity index (χ0n) is 18.4. The molecular formula is C26H30BrClFNO2. The molecule has 0 atom stereocenters. The first-order chi connectivity index (χ1) is 15.5. The lowest BCUT2D eigenvalue weighted by atomic mass is 9.54. The fraction of sp³-hybridized carbons (Fsp3) is 0.538. The highest BCUT2D eigenvalue weighted by Crippen LogP contribution is 2.53. The minimum absolute atomic E-state index is 0.0450. The molecule has 0 unspecified atom stereocenters. The maximum Gasteiger partial charge on any atom is 0.162 e. The van der Waals surface area contributed by atoms with Crippen LogP contribution in [0.25, 0.3) is 0 Å². The number of halogens is 3. The van der Waals surface area contributed by atoms with Crippen molar-refractivity contribution in [2.45, 2.75) is 58.2 Å². The SMILES string of the molecule is CCOc1cc(CNC2C3CC4CC(C3)CC2C4)c(Br)cc1OCc1c(F)cccc1Cl. The van der Waals surface area contributed by atoms with Crippen molar-refractivity contribution in [3.63, 3.8) is 0 Å². The van der Waals surface area contributed by atoms with Crippen LogP contribution in [0.2, 0.25) is 5.02 Å². The van der Waals surface area contributed by atoms with Gasteiger partial charge in [0.05, 0.1) is 11.6 Å². The van der Waals surface area contributed by atoms with Crippen LogP contribution in [0.4, 0.5) is 4.39 Å². The minimum Gasteiger partial charge on any atom is -0.490 e. The molecule has 0 heterocycles. The van der Waals surface area contributed by atoms with Gasteiger partial charge in [0.1, 0.15) is 12.4 Å². The number of hydrogen-bond acceptors (Lipinski definition) is 3. The van der Waals surface area contributed by atoms with E-state index in [4.69, 9.17) is 21.1 Å². The second-order valence-corrected chi connectivity index (χ2v) is 10.9. The number of hydrogen-bond donors (Lipinski definition) is 1. The fourth-order valence-corrected chi connectivity index (χ4v) is 7.08. The molecule has 2 aromatic carbocycles. The average molecular weight is 523 g/mol. The molecule has 4 aliphatic rings. The standard InChI is InChI=1S/C26H30BrClFNO2/c1-2-31-24-11-19(13-30-26-17-7-15-6-16(9-17)10-18(26)8-15)21(27)12-25(24)32-14-20-22(28)4-3-5-23(20)29/h3-5,11-12,15-18,26,30H,2,6-10,13-14H2,1H3. The highest BCUT2D eigenvalue weighted by atomic mass is 79.9. The maximum absolute atomic E-state index is 14.1. The summed E-state index contributed by atoms with van der Waals surface area (Å²) >= 11 is 9.87. The van der Waals surface area contributed by atoms with E-state index < -0.39 is 0 Å². The van der Waals surface area contributed by atoms with Crippen molar-refractivity contribution in [2.75, 3.05) is 6.61 Å². The Hall–Kier alpha value is -1.30. The molecule has 0 aliphatic heterocycles. The molecule has 6 rings (SSSR count). The smallest absolute Gasteiger partial charge is 0.162 e. The van der Waals surface area contributed by atoms with E-state index in [0.29, 0.717) is 34.7 Å². The molecular weight excluding hydrogens is 493 g/mol. The van der Waals surface area contributed by atoms with Crippen LogP contribution in [0.5, 0.6) is 11.5 Å². The van der Waals surface area contributed by atoms with Gasteiger partial charge in [-0.3, -0.25) is 0 Å². The van der Waals surface area contributed by atoms with Crippen molar-refractivity contribution < 1.29 is 13.9 Å². The van der Waals surface area contributed by atoms with E-state index in [9.17, 15) is 4.39 Å².